The Morgan fingerprint density at radius 1 is 1.00 bits per heavy atom. The number of methoxy groups -OCH3 is 2. The second-order valence-electron chi connectivity index (χ2n) is 4.97. The number of hydrogen-bond donors (Lipinski definition) is 1. The number of aromatic nitrogens is 1. The molecule has 2 aromatic carbocycles. The van der Waals surface area contributed by atoms with Crippen LogP contribution in [0.3, 0.4) is 0 Å². The summed E-state index contributed by atoms with van der Waals surface area (Å²) in [7, 11) is 3.39. The molecular weight excluding hydrogens is 262 g/mol. The smallest absolute Gasteiger partial charge is 0.130 e. The van der Waals surface area contributed by atoms with Crippen LogP contribution in [-0.2, 0) is 6.42 Å². The van der Waals surface area contributed by atoms with Gasteiger partial charge in [-0.25, -0.2) is 0 Å². The van der Waals surface area contributed by atoms with Gasteiger partial charge in [-0.2, -0.15) is 0 Å². The van der Waals surface area contributed by atoms with Crippen LogP contribution in [0.5, 0.6) is 11.5 Å². The Morgan fingerprint density at radius 3 is 2.33 bits per heavy atom. The molecule has 0 saturated heterocycles. The zero-order chi connectivity index (χ0) is 14.8. The van der Waals surface area contributed by atoms with Crippen LogP contribution < -0.4 is 9.47 Å². The molecule has 0 spiro atoms. The fourth-order valence-corrected chi connectivity index (χ4v) is 2.79. The molecule has 0 unspecified atom stereocenters. The summed E-state index contributed by atoms with van der Waals surface area (Å²) < 4.78 is 11.1. The lowest BCUT2D eigenvalue weighted by atomic mass is 9.95. The minimum atomic E-state index is 0.832. The summed E-state index contributed by atoms with van der Waals surface area (Å²) in [4.78, 5) is 3.27. The van der Waals surface area contributed by atoms with Crippen molar-refractivity contribution in [3.05, 3.63) is 48.2 Å². The van der Waals surface area contributed by atoms with E-state index in [1.54, 1.807) is 14.2 Å². The van der Waals surface area contributed by atoms with Crippen molar-refractivity contribution in [2.24, 2.45) is 0 Å². The molecule has 0 amide bonds. The standard InChI is InChI=1S/C18H19NO2/c1-4-12-11-15-13(8-9-19-15)10-14(12)18-16(20-2)6-5-7-17(18)21-3/h5-11,19H,4H2,1-3H3. The average Bonchev–Trinajstić information content (AvgIpc) is 2.99. The fraction of sp³-hybridized carbons (Fsp3) is 0.222. The van der Waals surface area contributed by atoms with Gasteiger partial charge in [-0.3, -0.25) is 0 Å². The first kappa shape index (κ1) is 13.6. The summed E-state index contributed by atoms with van der Waals surface area (Å²) in [5.41, 5.74) is 4.61. The third-order valence-corrected chi connectivity index (χ3v) is 3.86. The molecule has 0 saturated carbocycles. The Morgan fingerprint density at radius 2 is 1.71 bits per heavy atom. The number of nitrogens with one attached hydrogen (secondary N) is 1. The summed E-state index contributed by atoms with van der Waals surface area (Å²) in [5.74, 6) is 1.66. The maximum atomic E-state index is 5.55. The summed E-state index contributed by atoms with van der Waals surface area (Å²) >= 11 is 0. The van der Waals surface area contributed by atoms with Crippen molar-refractivity contribution in [3.63, 3.8) is 0 Å². The van der Waals surface area contributed by atoms with Crippen molar-refractivity contribution < 1.29 is 9.47 Å². The average molecular weight is 281 g/mol. The lowest BCUT2D eigenvalue weighted by molar-refractivity contribution is 0.397. The highest BCUT2D eigenvalue weighted by atomic mass is 16.5. The van der Waals surface area contributed by atoms with E-state index >= 15 is 0 Å². The molecule has 0 aliphatic rings. The van der Waals surface area contributed by atoms with Gasteiger partial charge in [0.1, 0.15) is 11.5 Å². The molecule has 3 rings (SSSR count). The highest BCUT2D eigenvalue weighted by Crippen LogP contribution is 2.41. The highest BCUT2D eigenvalue weighted by Gasteiger charge is 2.16. The number of benzene rings is 2. The van der Waals surface area contributed by atoms with E-state index < -0.39 is 0 Å². The van der Waals surface area contributed by atoms with Crippen molar-refractivity contribution in [3.8, 4) is 22.6 Å². The summed E-state index contributed by atoms with van der Waals surface area (Å²) in [5, 5.41) is 1.19. The lowest BCUT2D eigenvalue weighted by Crippen LogP contribution is -1.96. The van der Waals surface area contributed by atoms with Gasteiger partial charge in [0.05, 0.1) is 19.8 Å². The molecule has 0 aliphatic carbocycles. The van der Waals surface area contributed by atoms with E-state index in [-0.39, 0.29) is 0 Å². The molecule has 0 fully saturated rings. The maximum Gasteiger partial charge on any atom is 0.130 e. The first-order valence-corrected chi connectivity index (χ1v) is 7.09. The Hall–Kier alpha value is -2.42. The van der Waals surface area contributed by atoms with E-state index in [0.717, 1.165) is 29.0 Å². The molecule has 3 heteroatoms. The predicted octanol–water partition coefficient (Wildman–Crippen LogP) is 4.41. The summed E-state index contributed by atoms with van der Waals surface area (Å²) in [6, 6.07) is 12.4. The molecule has 3 nitrogen and oxygen atoms in total. The van der Waals surface area contributed by atoms with Crippen LogP contribution in [0.2, 0.25) is 0 Å². The Kier molecular flexibility index (Phi) is 3.57. The third kappa shape index (κ3) is 2.25. The van der Waals surface area contributed by atoms with Gasteiger partial charge in [0.2, 0.25) is 0 Å². The second-order valence-corrected chi connectivity index (χ2v) is 4.97. The van der Waals surface area contributed by atoms with Gasteiger partial charge in [0.15, 0.2) is 0 Å². The third-order valence-electron chi connectivity index (χ3n) is 3.86. The Bertz CT molecular complexity index is 752. The molecule has 108 valence electrons. The van der Waals surface area contributed by atoms with E-state index in [0.29, 0.717) is 0 Å². The number of hydrogen-bond acceptors (Lipinski definition) is 2. The SMILES string of the molecule is CCc1cc2[nH]ccc2cc1-c1c(OC)cccc1OC. The fourth-order valence-electron chi connectivity index (χ4n) is 2.79. The van der Waals surface area contributed by atoms with Crippen molar-refractivity contribution >= 4 is 10.9 Å². The van der Waals surface area contributed by atoms with E-state index in [1.165, 1.54) is 16.5 Å². The molecule has 21 heavy (non-hydrogen) atoms. The van der Waals surface area contributed by atoms with Crippen molar-refractivity contribution in [1.29, 1.82) is 0 Å². The van der Waals surface area contributed by atoms with Gasteiger partial charge in [-0.1, -0.05) is 13.0 Å². The molecule has 0 aliphatic heterocycles. The molecule has 0 bridgehead atoms. The van der Waals surface area contributed by atoms with Crippen LogP contribution in [-0.4, -0.2) is 19.2 Å². The largest absolute Gasteiger partial charge is 0.496 e. The van der Waals surface area contributed by atoms with E-state index in [2.05, 4.69) is 30.1 Å². The first-order valence-electron chi connectivity index (χ1n) is 7.09. The van der Waals surface area contributed by atoms with Crippen molar-refractivity contribution in [2.75, 3.05) is 14.2 Å². The van der Waals surface area contributed by atoms with Crippen molar-refractivity contribution in [1.82, 2.24) is 4.98 Å². The Balaban J connectivity index is 2.33. The van der Waals surface area contributed by atoms with Gasteiger partial charge in [0, 0.05) is 11.7 Å². The second kappa shape index (κ2) is 5.52. The van der Waals surface area contributed by atoms with E-state index in [1.807, 2.05) is 24.4 Å². The topological polar surface area (TPSA) is 34.2 Å². The minimum Gasteiger partial charge on any atom is -0.496 e. The summed E-state index contributed by atoms with van der Waals surface area (Å²) in [6.07, 6.45) is 2.92. The quantitative estimate of drug-likeness (QED) is 0.768. The van der Waals surface area contributed by atoms with Crippen LogP contribution in [0.25, 0.3) is 22.0 Å². The molecular formula is C18H19NO2. The van der Waals surface area contributed by atoms with Crippen LogP contribution in [0.4, 0.5) is 0 Å². The molecule has 1 N–H and O–H groups in total. The first-order chi connectivity index (χ1) is 10.3. The van der Waals surface area contributed by atoms with Gasteiger partial charge in [-0.05, 0) is 53.3 Å². The number of rotatable bonds is 4. The maximum absolute atomic E-state index is 5.55. The van der Waals surface area contributed by atoms with Gasteiger partial charge < -0.3 is 14.5 Å². The number of aromatic amines is 1. The molecule has 0 radical (unpaired) electrons. The van der Waals surface area contributed by atoms with Crippen LogP contribution in [0.15, 0.2) is 42.6 Å². The zero-order valence-corrected chi connectivity index (χ0v) is 12.6. The number of H-pyrrole nitrogens is 1. The van der Waals surface area contributed by atoms with Crippen LogP contribution >= 0.6 is 0 Å². The normalized spacial score (nSPS) is 10.8. The van der Waals surface area contributed by atoms with Gasteiger partial charge >= 0.3 is 0 Å². The van der Waals surface area contributed by atoms with Gasteiger partial charge in [0.25, 0.3) is 0 Å². The van der Waals surface area contributed by atoms with Crippen LogP contribution in [0.1, 0.15) is 12.5 Å². The number of fused-ring (bicyclic) bond motifs is 1. The Labute approximate surface area is 124 Å². The molecule has 0 atom stereocenters. The van der Waals surface area contributed by atoms with Crippen LogP contribution in [0, 0.1) is 0 Å². The van der Waals surface area contributed by atoms with Crippen molar-refractivity contribution in [2.45, 2.75) is 13.3 Å². The number of ether oxygens (including phenoxy) is 2. The van der Waals surface area contributed by atoms with Gasteiger partial charge in [-0.15, -0.1) is 0 Å². The molecule has 3 aromatic rings. The summed E-state index contributed by atoms with van der Waals surface area (Å²) in [6.45, 7) is 2.16. The molecule has 1 aromatic heterocycles. The molecule has 1 heterocycles. The van der Waals surface area contributed by atoms with E-state index in [4.69, 9.17) is 9.47 Å². The van der Waals surface area contributed by atoms with E-state index in [9.17, 15) is 0 Å². The zero-order valence-electron chi connectivity index (χ0n) is 12.6. The number of aryl methyl sites for hydroxylation is 1. The minimum absolute atomic E-state index is 0.832. The predicted molar refractivity (Wildman–Crippen MR) is 86.2 cm³/mol. The lowest BCUT2D eigenvalue weighted by Gasteiger charge is -2.16. The highest BCUT2D eigenvalue weighted by molar-refractivity contribution is 5.90. The monoisotopic (exact) mass is 281 g/mol.